The van der Waals surface area contributed by atoms with Crippen LogP contribution in [0.4, 0.5) is 0 Å². The Labute approximate surface area is 142 Å². The predicted molar refractivity (Wildman–Crippen MR) is 95.5 cm³/mol. The van der Waals surface area contributed by atoms with E-state index in [2.05, 4.69) is 0 Å². The molecule has 2 aromatic carbocycles. The van der Waals surface area contributed by atoms with E-state index in [4.69, 9.17) is 9.47 Å². The second kappa shape index (κ2) is 8.20. The van der Waals surface area contributed by atoms with E-state index >= 15 is 0 Å². The summed E-state index contributed by atoms with van der Waals surface area (Å²) in [5.74, 6) is 0.434. The molecule has 0 spiro atoms. The number of hydrogen-bond donors (Lipinski definition) is 1. The molecule has 0 saturated heterocycles. The van der Waals surface area contributed by atoms with Crippen molar-refractivity contribution < 1.29 is 19.4 Å². The highest BCUT2D eigenvalue weighted by molar-refractivity contribution is 6.20. The molecule has 2 rings (SSSR count). The molecule has 126 valence electrons. The van der Waals surface area contributed by atoms with Gasteiger partial charge in [0, 0.05) is 5.56 Å². The van der Waals surface area contributed by atoms with E-state index in [0.29, 0.717) is 17.9 Å². The summed E-state index contributed by atoms with van der Waals surface area (Å²) in [4.78, 5) is 11.8. The number of ether oxygens (including phenoxy) is 2. The van der Waals surface area contributed by atoms with Crippen LogP contribution in [0.15, 0.2) is 42.5 Å². The van der Waals surface area contributed by atoms with Gasteiger partial charge in [0.25, 0.3) is 0 Å². The fraction of sp³-hybridized carbons (Fsp3) is 0.250. The molecule has 0 radical (unpaired) electrons. The van der Waals surface area contributed by atoms with Crippen molar-refractivity contribution in [2.24, 2.45) is 0 Å². The monoisotopic (exact) mass is 326 g/mol. The van der Waals surface area contributed by atoms with Gasteiger partial charge in [-0.1, -0.05) is 31.2 Å². The van der Waals surface area contributed by atoms with Gasteiger partial charge in [-0.05, 0) is 48.7 Å². The molecular weight excluding hydrogens is 304 g/mol. The van der Waals surface area contributed by atoms with Crippen molar-refractivity contribution in [2.45, 2.75) is 20.3 Å². The van der Waals surface area contributed by atoms with Crippen LogP contribution in [0, 0.1) is 6.92 Å². The molecule has 1 N–H and O–H groups in total. The summed E-state index contributed by atoms with van der Waals surface area (Å²) in [5, 5.41) is 9.63. The molecule has 4 nitrogen and oxygen atoms in total. The Kier molecular flexibility index (Phi) is 6.01. The molecule has 0 unspecified atom stereocenters. The summed E-state index contributed by atoms with van der Waals surface area (Å²) < 4.78 is 10.9. The van der Waals surface area contributed by atoms with Crippen LogP contribution in [0.3, 0.4) is 0 Å². The van der Waals surface area contributed by atoms with Crippen molar-refractivity contribution in [1.82, 2.24) is 0 Å². The van der Waals surface area contributed by atoms with Crippen LogP contribution in [0.25, 0.3) is 11.6 Å². The maximum atomic E-state index is 11.8. The largest absolute Gasteiger partial charge is 0.496 e. The first-order valence-corrected chi connectivity index (χ1v) is 7.88. The van der Waals surface area contributed by atoms with Gasteiger partial charge < -0.3 is 14.6 Å². The molecule has 0 bridgehead atoms. The third-order valence-corrected chi connectivity index (χ3v) is 3.62. The molecule has 0 aliphatic heterocycles. The lowest BCUT2D eigenvalue weighted by atomic mass is 10.00. The van der Waals surface area contributed by atoms with Crippen molar-refractivity contribution >= 4 is 17.6 Å². The summed E-state index contributed by atoms with van der Waals surface area (Å²) in [6.45, 7) is 4.51. The number of aliphatic carboxylic acids is 1. The Hall–Kier alpha value is -2.75. The zero-order chi connectivity index (χ0) is 17.5. The van der Waals surface area contributed by atoms with Crippen molar-refractivity contribution in [3.63, 3.8) is 0 Å². The van der Waals surface area contributed by atoms with Gasteiger partial charge in [0.15, 0.2) is 0 Å². The number of hydrogen-bond acceptors (Lipinski definition) is 3. The number of carboxylic acids is 1. The fourth-order valence-electron chi connectivity index (χ4n) is 2.41. The van der Waals surface area contributed by atoms with E-state index in [1.54, 1.807) is 25.3 Å². The number of para-hydroxylation sites is 1. The molecule has 0 heterocycles. The third kappa shape index (κ3) is 4.16. The number of aryl methyl sites for hydroxylation is 1. The molecule has 0 aliphatic rings. The van der Waals surface area contributed by atoms with Crippen LogP contribution < -0.4 is 9.47 Å². The van der Waals surface area contributed by atoms with Crippen LogP contribution >= 0.6 is 0 Å². The molecule has 0 aliphatic carbocycles. The lowest BCUT2D eigenvalue weighted by Crippen LogP contribution is -2.02. The number of methoxy groups -OCH3 is 1. The van der Waals surface area contributed by atoms with Crippen molar-refractivity contribution in [3.05, 3.63) is 59.2 Å². The number of carboxylic acid groups (broad SMARTS) is 1. The second-order valence-corrected chi connectivity index (χ2v) is 5.43. The smallest absolute Gasteiger partial charge is 0.336 e. The van der Waals surface area contributed by atoms with E-state index in [9.17, 15) is 9.90 Å². The highest BCUT2D eigenvalue weighted by atomic mass is 16.5. The highest BCUT2D eigenvalue weighted by Gasteiger charge is 2.13. The first-order chi connectivity index (χ1) is 11.6. The lowest BCUT2D eigenvalue weighted by Gasteiger charge is -2.11. The molecular formula is C20H22O4. The topological polar surface area (TPSA) is 55.8 Å². The van der Waals surface area contributed by atoms with Gasteiger partial charge in [-0.3, -0.25) is 0 Å². The quantitative estimate of drug-likeness (QED) is 0.604. The molecule has 2 aromatic rings. The van der Waals surface area contributed by atoms with Crippen LogP contribution in [-0.2, 0) is 4.79 Å². The molecule has 0 aromatic heterocycles. The first-order valence-electron chi connectivity index (χ1n) is 7.88. The summed E-state index contributed by atoms with van der Waals surface area (Å²) in [5.41, 5.74) is 2.48. The average molecular weight is 326 g/mol. The Morgan fingerprint density at radius 1 is 1.17 bits per heavy atom. The zero-order valence-electron chi connectivity index (χ0n) is 14.2. The van der Waals surface area contributed by atoms with Gasteiger partial charge in [0.2, 0.25) is 0 Å². The minimum Gasteiger partial charge on any atom is -0.496 e. The highest BCUT2D eigenvalue weighted by Crippen LogP contribution is 2.28. The summed E-state index contributed by atoms with van der Waals surface area (Å²) in [6, 6.07) is 12.8. The summed E-state index contributed by atoms with van der Waals surface area (Å²) in [6.07, 6.45) is 2.54. The van der Waals surface area contributed by atoms with Gasteiger partial charge in [0.05, 0.1) is 19.3 Å². The molecule has 0 amide bonds. The van der Waals surface area contributed by atoms with Crippen molar-refractivity contribution in [1.29, 1.82) is 0 Å². The van der Waals surface area contributed by atoms with Gasteiger partial charge in [-0.2, -0.15) is 0 Å². The predicted octanol–water partition coefficient (Wildman–Crippen LogP) is 4.42. The fourth-order valence-corrected chi connectivity index (χ4v) is 2.41. The lowest BCUT2D eigenvalue weighted by molar-refractivity contribution is -0.130. The van der Waals surface area contributed by atoms with Crippen LogP contribution in [0.5, 0.6) is 11.5 Å². The number of benzene rings is 2. The molecule has 0 atom stereocenters. The molecule has 24 heavy (non-hydrogen) atoms. The van der Waals surface area contributed by atoms with Crippen LogP contribution in [0.2, 0.25) is 0 Å². The van der Waals surface area contributed by atoms with Gasteiger partial charge >= 0.3 is 5.97 Å². The number of rotatable bonds is 7. The van der Waals surface area contributed by atoms with E-state index in [1.165, 1.54) is 0 Å². The minimum absolute atomic E-state index is 0.216. The van der Waals surface area contributed by atoms with E-state index in [-0.39, 0.29) is 5.57 Å². The summed E-state index contributed by atoms with van der Waals surface area (Å²) in [7, 11) is 1.59. The zero-order valence-corrected chi connectivity index (χ0v) is 14.2. The molecule has 0 saturated carbocycles. The van der Waals surface area contributed by atoms with Gasteiger partial charge in [-0.25, -0.2) is 4.79 Å². The van der Waals surface area contributed by atoms with E-state index < -0.39 is 5.97 Å². The van der Waals surface area contributed by atoms with Gasteiger partial charge in [-0.15, -0.1) is 0 Å². The van der Waals surface area contributed by atoms with E-state index in [0.717, 1.165) is 23.3 Å². The first kappa shape index (κ1) is 17.6. The SMILES string of the molecule is CCCOc1ccccc1/C=C(\C(=O)O)c1ccc(OC)c(C)c1. The maximum absolute atomic E-state index is 11.8. The molecule has 4 heteroatoms. The van der Waals surface area contributed by atoms with Crippen LogP contribution in [-0.4, -0.2) is 24.8 Å². The van der Waals surface area contributed by atoms with Crippen molar-refractivity contribution in [3.8, 4) is 11.5 Å². The van der Waals surface area contributed by atoms with Crippen LogP contribution in [0.1, 0.15) is 30.0 Å². The Balaban J connectivity index is 2.46. The Morgan fingerprint density at radius 2 is 1.92 bits per heavy atom. The molecule has 0 fully saturated rings. The second-order valence-electron chi connectivity index (χ2n) is 5.43. The number of carbonyl (C=O) groups is 1. The Morgan fingerprint density at radius 3 is 2.54 bits per heavy atom. The standard InChI is InChI=1S/C20H22O4/c1-4-11-24-19-8-6-5-7-16(19)13-17(20(21)22)15-9-10-18(23-3)14(2)12-15/h5-10,12-13H,4,11H2,1-3H3,(H,21,22)/b17-13-. The van der Waals surface area contributed by atoms with Gasteiger partial charge in [0.1, 0.15) is 11.5 Å². The minimum atomic E-state index is -0.982. The van der Waals surface area contributed by atoms with E-state index in [1.807, 2.05) is 44.2 Å². The normalized spacial score (nSPS) is 11.2. The Bertz CT molecular complexity index is 747. The summed E-state index contributed by atoms with van der Waals surface area (Å²) >= 11 is 0. The van der Waals surface area contributed by atoms with Crippen molar-refractivity contribution in [2.75, 3.05) is 13.7 Å². The average Bonchev–Trinajstić information content (AvgIpc) is 2.58. The maximum Gasteiger partial charge on any atom is 0.336 e. The third-order valence-electron chi connectivity index (χ3n) is 3.62.